The molecule has 0 spiro atoms. The average Bonchev–Trinajstić information content (AvgIpc) is 2.16. The van der Waals surface area contributed by atoms with Crippen LogP contribution >= 0.6 is 0 Å². The number of carboxylic acids is 1. The van der Waals surface area contributed by atoms with E-state index in [1.165, 1.54) is 24.3 Å². The van der Waals surface area contributed by atoms with Gasteiger partial charge in [0.15, 0.2) is 0 Å². The molecule has 2 N–H and O–H groups in total. The van der Waals surface area contributed by atoms with Crippen molar-refractivity contribution < 1.29 is 28.5 Å². The largest absolute Gasteiger partial charge is 0.481 e. The minimum absolute atomic E-state index is 0.0405. The van der Waals surface area contributed by atoms with Gasteiger partial charge in [-0.2, -0.15) is 8.78 Å². The van der Waals surface area contributed by atoms with Crippen LogP contribution in [0.25, 0.3) is 0 Å². The summed E-state index contributed by atoms with van der Waals surface area (Å²) in [4.78, 5) is 10.3. The Morgan fingerprint density at radius 1 is 1.31 bits per heavy atom. The summed E-state index contributed by atoms with van der Waals surface area (Å²) in [7, 11) is 0. The van der Waals surface area contributed by atoms with E-state index in [4.69, 9.17) is 5.11 Å². The van der Waals surface area contributed by atoms with E-state index in [0.29, 0.717) is 5.56 Å². The molecule has 0 aliphatic heterocycles. The van der Waals surface area contributed by atoms with E-state index >= 15 is 0 Å². The van der Waals surface area contributed by atoms with Crippen molar-refractivity contribution in [2.75, 3.05) is 0 Å². The number of aliphatic carboxylic acids is 1. The molecule has 1 unspecified atom stereocenters. The Kier molecular flexibility index (Phi) is 4.19. The molecule has 0 aliphatic carbocycles. The molecular weight excluding hydrogens is 222 g/mol. The Bertz CT molecular complexity index is 350. The van der Waals surface area contributed by atoms with Gasteiger partial charge in [0.1, 0.15) is 5.75 Å². The van der Waals surface area contributed by atoms with Crippen molar-refractivity contribution in [1.82, 2.24) is 0 Å². The van der Waals surface area contributed by atoms with Crippen molar-refractivity contribution in [3.05, 3.63) is 29.8 Å². The third-order valence-corrected chi connectivity index (χ3v) is 1.86. The van der Waals surface area contributed by atoms with Gasteiger partial charge in [-0.15, -0.1) is 0 Å². The van der Waals surface area contributed by atoms with Crippen LogP contribution in [-0.4, -0.2) is 22.8 Å². The summed E-state index contributed by atoms with van der Waals surface area (Å²) in [5.74, 6) is -1.18. The lowest BCUT2D eigenvalue weighted by Gasteiger charge is -2.09. The molecule has 0 aliphatic rings. The summed E-state index contributed by atoms with van der Waals surface area (Å²) in [6.07, 6.45) is -1.59. The Hall–Kier alpha value is -1.69. The predicted octanol–water partition coefficient (Wildman–Crippen LogP) is 1.80. The highest BCUT2D eigenvalue weighted by atomic mass is 19.3. The van der Waals surface area contributed by atoms with E-state index in [-0.39, 0.29) is 5.75 Å². The zero-order chi connectivity index (χ0) is 12.1. The van der Waals surface area contributed by atoms with Gasteiger partial charge in [-0.25, -0.2) is 0 Å². The zero-order valence-electron chi connectivity index (χ0n) is 8.14. The van der Waals surface area contributed by atoms with Crippen LogP contribution in [0.1, 0.15) is 18.1 Å². The zero-order valence-corrected chi connectivity index (χ0v) is 8.14. The van der Waals surface area contributed by atoms with E-state index in [1.807, 2.05) is 0 Å². The maximum atomic E-state index is 11.8. The Morgan fingerprint density at radius 3 is 2.31 bits per heavy atom. The van der Waals surface area contributed by atoms with Crippen LogP contribution in [0.3, 0.4) is 0 Å². The maximum Gasteiger partial charge on any atom is 0.387 e. The third kappa shape index (κ3) is 3.82. The molecule has 1 aromatic rings. The first-order chi connectivity index (χ1) is 7.49. The number of ether oxygens (including phenoxy) is 1. The van der Waals surface area contributed by atoms with E-state index in [9.17, 15) is 18.7 Å². The first-order valence-corrected chi connectivity index (χ1v) is 4.43. The monoisotopic (exact) mass is 232 g/mol. The molecule has 1 rings (SSSR count). The quantitative estimate of drug-likeness (QED) is 0.812. The van der Waals surface area contributed by atoms with E-state index in [2.05, 4.69) is 4.74 Å². The lowest BCUT2D eigenvalue weighted by atomic mass is 10.1. The van der Waals surface area contributed by atoms with Crippen molar-refractivity contribution >= 4 is 5.97 Å². The van der Waals surface area contributed by atoms with Crippen LogP contribution in [0.2, 0.25) is 0 Å². The van der Waals surface area contributed by atoms with Crippen molar-refractivity contribution in [3.63, 3.8) is 0 Å². The number of hydrogen-bond acceptors (Lipinski definition) is 3. The lowest BCUT2D eigenvalue weighted by molar-refractivity contribution is -0.139. The molecule has 0 fully saturated rings. The number of aliphatic hydroxyl groups excluding tert-OH is 1. The van der Waals surface area contributed by atoms with Crippen LogP contribution < -0.4 is 4.74 Å². The summed E-state index contributed by atoms with van der Waals surface area (Å²) in [6, 6.07) is 5.16. The number of alkyl halides is 2. The summed E-state index contributed by atoms with van der Waals surface area (Å²) in [5, 5.41) is 17.8. The van der Waals surface area contributed by atoms with Gasteiger partial charge in [0.05, 0.1) is 12.5 Å². The maximum absolute atomic E-state index is 11.8. The molecule has 0 bridgehead atoms. The minimum atomic E-state index is -2.91. The first-order valence-electron chi connectivity index (χ1n) is 4.43. The van der Waals surface area contributed by atoms with Gasteiger partial charge in [-0.05, 0) is 17.7 Å². The summed E-state index contributed by atoms with van der Waals surface area (Å²) in [5.41, 5.74) is 0.337. The van der Waals surface area contributed by atoms with E-state index < -0.39 is 25.1 Å². The summed E-state index contributed by atoms with van der Waals surface area (Å²) in [6.45, 7) is -2.91. The van der Waals surface area contributed by atoms with Gasteiger partial charge in [-0.1, -0.05) is 12.1 Å². The Labute approximate surface area is 90.1 Å². The molecule has 88 valence electrons. The third-order valence-electron chi connectivity index (χ3n) is 1.86. The summed E-state index contributed by atoms with van der Waals surface area (Å²) >= 11 is 0. The minimum Gasteiger partial charge on any atom is -0.481 e. The fourth-order valence-corrected chi connectivity index (χ4v) is 1.15. The molecule has 0 saturated heterocycles. The van der Waals surface area contributed by atoms with Gasteiger partial charge in [-0.3, -0.25) is 4.79 Å². The predicted molar refractivity (Wildman–Crippen MR) is 50.3 cm³/mol. The van der Waals surface area contributed by atoms with Crippen molar-refractivity contribution in [2.24, 2.45) is 0 Å². The SMILES string of the molecule is O=C(O)CC(O)c1ccc(OC(F)F)cc1. The Morgan fingerprint density at radius 2 is 1.88 bits per heavy atom. The normalized spacial score (nSPS) is 12.5. The molecule has 6 heteroatoms. The smallest absolute Gasteiger partial charge is 0.387 e. The molecule has 16 heavy (non-hydrogen) atoms. The van der Waals surface area contributed by atoms with Crippen LogP contribution in [0.15, 0.2) is 24.3 Å². The highest BCUT2D eigenvalue weighted by Gasteiger charge is 2.12. The van der Waals surface area contributed by atoms with E-state index in [0.717, 1.165) is 0 Å². The number of carboxylic acid groups (broad SMARTS) is 1. The van der Waals surface area contributed by atoms with Gasteiger partial charge < -0.3 is 14.9 Å². The van der Waals surface area contributed by atoms with Crippen molar-refractivity contribution in [2.45, 2.75) is 19.1 Å². The number of carbonyl (C=O) groups is 1. The second kappa shape index (κ2) is 5.41. The standard InChI is InChI=1S/C10H10F2O4/c11-10(12)16-7-3-1-6(2-4-7)8(13)5-9(14)15/h1-4,8,10,13H,5H2,(H,14,15). The van der Waals surface area contributed by atoms with Gasteiger partial charge in [0, 0.05) is 0 Å². The topological polar surface area (TPSA) is 66.8 Å². The van der Waals surface area contributed by atoms with Crippen LogP contribution in [-0.2, 0) is 4.79 Å². The van der Waals surface area contributed by atoms with Crippen molar-refractivity contribution in [1.29, 1.82) is 0 Å². The van der Waals surface area contributed by atoms with Gasteiger partial charge >= 0.3 is 12.6 Å². The van der Waals surface area contributed by atoms with Crippen LogP contribution in [0.4, 0.5) is 8.78 Å². The fraction of sp³-hybridized carbons (Fsp3) is 0.300. The number of halogens is 2. The second-order valence-electron chi connectivity index (χ2n) is 3.06. The molecule has 0 saturated carbocycles. The van der Waals surface area contributed by atoms with Gasteiger partial charge in [0.2, 0.25) is 0 Å². The lowest BCUT2D eigenvalue weighted by Crippen LogP contribution is -2.06. The average molecular weight is 232 g/mol. The number of rotatable bonds is 5. The van der Waals surface area contributed by atoms with Crippen molar-refractivity contribution in [3.8, 4) is 5.75 Å². The number of benzene rings is 1. The molecule has 0 radical (unpaired) electrons. The van der Waals surface area contributed by atoms with E-state index in [1.54, 1.807) is 0 Å². The van der Waals surface area contributed by atoms with Crippen LogP contribution in [0.5, 0.6) is 5.75 Å². The molecular formula is C10H10F2O4. The summed E-state index contributed by atoms with van der Waals surface area (Å²) < 4.78 is 27.7. The molecule has 1 atom stereocenters. The van der Waals surface area contributed by atoms with Gasteiger partial charge in [0.25, 0.3) is 0 Å². The van der Waals surface area contributed by atoms with Crippen LogP contribution in [0, 0.1) is 0 Å². The second-order valence-corrected chi connectivity index (χ2v) is 3.06. The molecule has 0 amide bonds. The fourth-order valence-electron chi connectivity index (χ4n) is 1.15. The molecule has 4 nitrogen and oxygen atoms in total. The molecule has 0 aromatic heterocycles. The first kappa shape index (κ1) is 12.4. The number of hydrogen-bond donors (Lipinski definition) is 2. The highest BCUT2D eigenvalue weighted by molar-refractivity contribution is 5.67. The molecule has 0 heterocycles. The highest BCUT2D eigenvalue weighted by Crippen LogP contribution is 2.21. The molecule has 1 aromatic carbocycles. The Balaban J connectivity index is 2.66. The number of aliphatic hydroxyl groups is 1.